The molecule has 2 rings (SSSR count). The van der Waals surface area contributed by atoms with E-state index in [-0.39, 0.29) is 0 Å². The van der Waals surface area contributed by atoms with E-state index < -0.39 is 0 Å². The van der Waals surface area contributed by atoms with Gasteiger partial charge in [0.1, 0.15) is 17.2 Å². The van der Waals surface area contributed by atoms with Gasteiger partial charge in [-0.1, -0.05) is 12.1 Å². The van der Waals surface area contributed by atoms with Crippen LogP contribution in [0.4, 0.5) is 5.69 Å². The Bertz CT molecular complexity index is 564. The van der Waals surface area contributed by atoms with Gasteiger partial charge in [-0.25, -0.2) is 0 Å². The van der Waals surface area contributed by atoms with Crippen LogP contribution in [0.15, 0.2) is 36.4 Å². The summed E-state index contributed by atoms with van der Waals surface area (Å²) >= 11 is 0. The third-order valence-corrected chi connectivity index (χ3v) is 2.92. The van der Waals surface area contributed by atoms with E-state index >= 15 is 0 Å². The van der Waals surface area contributed by atoms with Gasteiger partial charge in [-0.2, -0.15) is 0 Å². The predicted molar refractivity (Wildman–Crippen MR) is 73.4 cm³/mol. The molecule has 0 aromatic heterocycles. The summed E-state index contributed by atoms with van der Waals surface area (Å²) in [7, 11) is 1.61. The van der Waals surface area contributed by atoms with E-state index in [4.69, 9.17) is 15.2 Å². The van der Waals surface area contributed by atoms with Crippen molar-refractivity contribution in [3.8, 4) is 17.2 Å². The maximum absolute atomic E-state index is 5.85. The molecule has 0 heterocycles. The largest absolute Gasteiger partial charge is 0.497 e. The summed E-state index contributed by atoms with van der Waals surface area (Å²) in [5.41, 5.74) is 8.74. The van der Waals surface area contributed by atoms with Crippen LogP contribution in [0, 0.1) is 13.8 Å². The van der Waals surface area contributed by atoms with Crippen molar-refractivity contribution in [2.75, 3.05) is 12.8 Å². The van der Waals surface area contributed by atoms with Gasteiger partial charge >= 0.3 is 0 Å². The fourth-order valence-electron chi connectivity index (χ4n) is 1.73. The van der Waals surface area contributed by atoms with Crippen molar-refractivity contribution in [1.29, 1.82) is 0 Å². The third-order valence-electron chi connectivity index (χ3n) is 2.92. The first kappa shape index (κ1) is 12.3. The summed E-state index contributed by atoms with van der Waals surface area (Å²) in [5.74, 6) is 2.21. The van der Waals surface area contributed by atoms with Crippen molar-refractivity contribution in [2.45, 2.75) is 13.8 Å². The maximum Gasteiger partial charge on any atom is 0.133 e. The van der Waals surface area contributed by atoms with E-state index in [1.807, 2.05) is 25.1 Å². The average Bonchev–Trinajstić information content (AvgIpc) is 2.34. The lowest BCUT2D eigenvalue weighted by molar-refractivity contribution is 0.409. The smallest absolute Gasteiger partial charge is 0.133 e. The van der Waals surface area contributed by atoms with E-state index in [1.54, 1.807) is 19.2 Å². The Morgan fingerprint density at radius 2 is 1.72 bits per heavy atom. The van der Waals surface area contributed by atoms with Crippen LogP contribution in [-0.4, -0.2) is 7.11 Å². The summed E-state index contributed by atoms with van der Waals surface area (Å²) in [5, 5.41) is 0. The van der Waals surface area contributed by atoms with Crippen LogP contribution in [0.25, 0.3) is 0 Å². The summed E-state index contributed by atoms with van der Waals surface area (Å²) in [6, 6.07) is 11.3. The molecule has 0 aliphatic carbocycles. The Balaban J connectivity index is 2.34. The van der Waals surface area contributed by atoms with Crippen LogP contribution in [0.5, 0.6) is 17.2 Å². The third kappa shape index (κ3) is 2.56. The first-order valence-electron chi connectivity index (χ1n) is 5.79. The van der Waals surface area contributed by atoms with E-state index in [1.165, 1.54) is 5.56 Å². The molecular weight excluding hydrogens is 226 g/mol. The van der Waals surface area contributed by atoms with E-state index in [0.29, 0.717) is 17.2 Å². The van der Waals surface area contributed by atoms with Gasteiger partial charge in [0.25, 0.3) is 0 Å². The summed E-state index contributed by atoms with van der Waals surface area (Å²) < 4.78 is 11.0. The quantitative estimate of drug-likeness (QED) is 0.836. The summed E-state index contributed by atoms with van der Waals surface area (Å²) in [6.45, 7) is 4.09. The minimum absolute atomic E-state index is 0.620. The molecule has 0 saturated carbocycles. The van der Waals surface area contributed by atoms with Crippen molar-refractivity contribution >= 4 is 5.69 Å². The standard InChI is InChI=1S/C15H17NO2/c1-10-5-4-6-15(11(10)2)18-14-8-12(16)7-13(9-14)17-3/h4-9H,16H2,1-3H3. The fraction of sp³-hybridized carbons (Fsp3) is 0.200. The highest BCUT2D eigenvalue weighted by atomic mass is 16.5. The molecule has 0 amide bonds. The van der Waals surface area contributed by atoms with Crippen LogP contribution in [0.3, 0.4) is 0 Å². The average molecular weight is 243 g/mol. The molecule has 0 radical (unpaired) electrons. The van der Waals surface area contributed by atoms with Gasteiger partial charge in [0, 0.05) is 23.9 Å². The Labute approximate surface area is 107 Å². The Kier molecular flexibility index (Phi) is 3.42. The number of ether oxygens (including phenoxy) is 2. The Hall–Kier alpha value is -2.16. The molecule has 0 atom stereocenters. The van der Waals surface area contributed by atoms with Crippen molar-refractivity contribution in [1.82, 2.24) is 0 Å². The first-order chi connectivity index (χ1) is 8.60. The molecule has 0 spiro atoms. The fourth-order valence-corrected chi connectivity index (χ4v) is 1.73. The number of benzene rings is 2. The van der Waals surface area contributed by atoms with Crippen LogP contribution in [0.2, 0.25) is 0 Å². The van der Waals surface area contributed by atoms with Crippen molar-refractivity contribution < 1.29 is 9.47 Å². The monoisotopic (exact) mass is 243 g/mol. The molecule has 0 fully saturated rings. The van der Waals surface area contributed by atoms with Gasteiger partial charge in [-0.3, -0.25) is 0 Å². The van der Waals surface area contributed by atoms with Crippen molar-refractivity contribution in [3.63, 3.8) is 0 Å². The Morgan fingerprint density at radius 3 is 2.44 bits per heavy atom. The number of methoxy groups -OCH3 is 1. The normalized spacial score (nSPS) is 10.2. The SMILES string of the molecule is COc1cc(N)cc(Oc2cccc(C)c2C)c1. The number of nitrogens with two attached hydrogens (primary N) is 1. The molecule has 2 aromatic rings. The molecule has 18 heavy (non-hydrogen) atoms. The second-order valence-corrected chi connectivity index (χ2v) is 4.24. The zero-order chi connectivity index (χ0) is 13.1. The molecule has 0 saturated heterocycles. The summed E-state index contributed by atoms with van der Waals surface area (Å²) in [6.07, 6.45) is 0. The highest BCUT2D eigenvalue weighted by molar-refractivity contribution is 5.52. The van der Waals surface area contributed by atoms with Crippen molar-refractivity contribution in [3.05, 3.63) is 47.5 Å². The van der Waals surface area contributed by atoms with Gasteiger partial charge in [0.05, 0.1) is 7.11 Å². The highest BCUT2D eigenvalue weighted by Gasteiger charge is 2.05. The van der Waals surface area contributed by atoms with E-state index in [2.05, 4.69) is 13.0 Å². The van der Waals surface area contributed by atoms with E-state index in [9.17, 15) is 0 Å². The van der Waals surface area contributed by atoms with Crippen LogP contribution in [0.1, 0.15) is 11.1 Å². The van der Waals surface area contributed by atoms with Gasteiger partial charge < -0.3 is 15.2 Å². The number of hydrogen-bond acceptors (Lipinski definition) is 3. The molecule has 0 bridgehead atoms. The second kappa shape index (κ2) is 5.00. The summed E-state index contributed by atoms with van der Waals surface area (Å²) in [4.78, 5) is 0. The second-order valence-electron chi connectivity index (χ2n) is 4.24. The lowest BCUT2D eigenvalue weighted by Gasteiger charge is -2.12. The topological polar surface area (TPSA) is 44.5 Å². The van der Waals surface area contributed by atoms with Crippen LogP contribution < -0.4 is 15.2 Å². The molecule has 94 valence electrons. The zero-order valence-corrected chi connectivity index (χ0v) is 10.9. The molecule has 2 aromatic carbocycles. The number of nitrogen functional groups attached to an aromatic ring is 1. The zero-order valence-electron chi connectivity index (χ0n) is 10.9. The van der Waals surface area contributed by atoms with Gasteiger partial charge in [-0.15, -0.1) is 0 Å². The van der Waals surface area contributed by atoms with Gasteiger partial charge in [0.15, 0.2) is 0 Å². The molecule has 3 heteroatoms. The van der Waals surface area contributed by atoms with Crippen LogP contribution >= 0.6 is 0 Å². The number of rotatable bonds is 3. The number of aryl methyl sites for hydroxylation is 1. The predicted octanol–water partition coefficient (Wildman–Crippen LogP) is 3.69. The number of anilines is 1. The minimum atomic E-state index is 0.620. The molecule has 0 aliphatic heterocycles. The van der Waals surface area contributed by atoms with Crippen molar-refractivity contribution in [2.24, 2.45) is 0 Å². The highest BCUT2D eigenvalue weighted by Crippen LogP contribution is 2.30. The molecular formula is C15H17NO2. The molecule has 3 nitrogen and oxygen atoms in total. The lowest BCUT2D eigenvalue weighted by atomic mass is 10.1. The first-order valence-corrected chi connectivity index (χ1v) is 5.79. The number of hydrogen-bond donors (Lipinski definition) is 1. The molecule has 0 unspecified atom stereocenters. The van der Waals surface area contributed by atoms with E-state index in [0.717, 1.165) is 11.3 Å². The van der Waals surface area contributed by atoms with Gasteiger partial charge in [0.2, 0.25) is 0 Å². The molecule has 2 N–H and O–H groups in total. The van der Waals surface area contributed by atoms with Gasteiger partial charge in [-0.05, 0) is 31.0 Å². The Morgan fingerprint density at radius 1 is 1.00 bits per heavy atom. The van der Waals surface area contributed by atoms with Crippen LogP contribution in [-0.2, 0) is 0 Å². The maximum atomic E-state index is 5.85. The lowest BCUT2D eigenvalue weighted by Crippen LogP contribution is -1.93. The minimum Gasteiger partial charge on any atom is -0.497 e. The molecule has 0 aliphatic rings.